The molecule has 0 amide bonds. The standard InChI is InChI=1S/C22H47N5O/c1-7-20(8-2)21(27-14-16-28-17-15-27)18-24-22(23-6)25-19(5)12-11-13-26(9-3)10-4/h19-21H,7-18H2,1-6H3,(H2,23,24,25). The second-order valence-electron chi connectivity index (χ2n) is 7.96. The molecule has 1 aliphatic rings. The van der Waals surface area contributed by atoms with Crippen LogP contribution in [0.3, 0.4) is 0 Å². The molecule has 6 heteroatoms. The molecule has 1 aliphatic heterocycles. The summed E-state index contributed by atoms with van der Waals surface area (Å²) in [7, 11) is 1.87. The predicted octanol–water partition coefficient (Wildman–Crippen LogP) is 2.80. The van der Waals surface area contributed by atoms with Gasteiger partial charge in [0.2, 0.25) is 0 Å². The molecule has 0 aliphatic carbocycles. The van der Waals surface area contributed by atoms with Gasteiger partial charge in [-0.25, -0.2) is 0 Å². The molecule has 1 heterocycles. The van der Waals surface area contributed by atoms with Crippen molar-refractivity contribution in [1.82, 2.24) is 20.4 Å². The average molecular weight is 398 g/mol. The van der Waals surface area contributed by atoms with E-state index in [1.165, 1.54) is 25.8 Å². The van der Waals surface area contributed by atoms with Gasteiger partial charge in [-0.2, -0.15) is 0 Å². The largest absolute Gasteiger partial charge is 0.379 e. The van der Waals surface area contributed by atoms with Crippen molar-refractivity contribution in [3.63, 3.8) is 0 Å². The summed E-state index contributed by atoms with van der Waals surface area (Å²) in [6, 6.07) is 0.965. The van der Waals surface area contributed by atoms with Crippen LogP contribution in [0.15, 0.2) is 4.99 Å². The fraction of sp³-hybridized carbons (Fsp3) is 0.955. The second-order valence-corrected chi connectivity index (χ2v) is 7.96. The average Bonchev–Trinajstić information content (AvgIpc) is 2.73. The van der Waals surface area contributed by atoms with E-state index in [9.17, 15) is 0 Å². The van der Waals surface area contributed by atoms with E-state index < -0.39 is 0 Å². The molecule has 2 N–H and O–H groups in total. The van der Waals surface area contributed by atoms with Gasteiger partial charge in [-0.1, -0.05) is 40.5 Å². The van der Waals surface area contributed by atoms with Crippen molar-refractivity contribution < 1.29 is 4.74 Å². The second kappa shape index (κ2) is 15.1. The minimum absolute atomic E-state index is 0.428. The van der Waals surface area contributed by atoms with E-state index >= 15 is 0 Å². The van der Waals surface area contributed by atoms with E-state index in [1.54, 1.807) is 0 Å². The molecule has 166 valence electrons. The van der Waals surface area contributed by atoms with Crippen LogP contribution in [0.5, 0.6) is 0 Å². The third kappa shape index (κ3) is 9.10. The van der Waals surface area contributed by atoms with Crippen LogP contribution in [0.25, 0.3) is 0 Å². The summed E-state index contributed by atoms with van der Waals surface area (Å²) in [5, 5.41) is 7.20. The van der Waals surface area contributed by atoms with E-state index in [-0.39, 0.29) is 0 Å². The van der Waals surface area contributed by atoms with Crippen LogP contribution in [0.4, 0.5) is 0 Å². The molecule has 0 aromatic rings. The number of rotatable bonds is 13. The zero-order valence-corrected chi connectivity index (χ0v) is 19.5. The Morgan fingerprint density at radius 1 is 1.11 bits per heavy atom. The molecule has 0 spiro atoms. The van der Waals surface area contributed by atoms with Crippen molar-refractivity contribution in [2.45, 2.75) is 72.4 Å². The fourth-order valence-corrected chi connectivity index (χ4v) is 4.20. The predicted molar refractivity (Wildman–Crippen MR) is 121 cm³/mol. The van der Waals surface area contributed by atoms with Crippen molar-refractivity contribution in [3.8, 4) is 0 Å². The van der Waals surface area contributed by atoms with Crippen LogP contribution in [0.1, 0.15) is 60.3 Å². The molecule has 2 atom stereocenters. The van der Waals surface area contributed by atoms with Gasteiger partial charge in [-0.15, -0.1) is 0 Å². The van der Waals surface area contributed by atoms with E-state index in [1.807, 2.05) is 7.05 Å². The minimum Gasteiger partial charge on any atom is -0.379 e. The molecule has 28 heavy (non-hydrogen) atoms. The summed E-state index contributed by atoms with van der Waals surface area (Å²) in [5.74, 6) is 1.63. The van der Waals surface area contributed by atoms with Crippen molar-refractivity contribution in [2.24, 2.45) is 10.9 Å². The third-order valence-electron chi connectivity index (χ3n) is 6.20. The van der Waals surface area contributed by atoms with Crippen LogP contribution in [0.2, 0.25) is 0 Å². The third-order valence-corrected chi connectivity index (χ3v) is 6.20. The monoisotopic (exact) mass is 397 g/mol. The Bertz CT molecular complexity index is 404. The topological polar surface area (TPSA) is 52.1 Å². The Labute approximate surface area is 174 Å². The first-order valence-corrected chi connectivity index (χ1v) is 11.6. The molecule has 2 unspecified atom stereocenters. The summed E-state index contributed by atoms with van der Waals surface area (Å²) < 4.78 is 5.57. The zero-order chi connectivity index (χ0) is 20.8. The van der Waals surface area contributed by atoms with Crippen molar-refractivity contribution in [2.75, 3.05) is 59.5 Å². The van der Waals surface area contributed by atoms with Gasteiger partial charge in [0.1, 0.15) is 0 Å². The lowest BCUT2D eigenvalue weighted by molar-refractivity contribution is 0.00271. The van der Waals surface area contributed by atoms with Crippen LogP contribution >= 0.6 is 0 Å². The van der Waals surface area contributed by atoms with E-state index in [0.29, 0.717) is 18.0 Å². The van der Waals surface area contributed by atoms with Crippen molar-refractivity contribution >= 4 is 5.96 Å². The molecule has 1 saturated heterocycles. The number of hydrogen-bond acceptors (Lipinski definition) is 4. The highest BCUT2D eigenvalue weighted by molar-refractivity contribution is 5.79. The van der Waals surface area contributed by atoms with E-state index in [4.69, 9.17) is 4.74 Å². The molecule has 0 bridgehead atoms. The summed E-state index contributed by atoms with van der Waals surface area (Å²) >= 11 is 0. The Hall–Kier alpha value is -0.850. The lowest BCUT2D eigenvalue weighted by atomic mass is 9.92. The summed E-state index contributed by atoms with van der Waals surface area (Å²) in [5.41, 5.74) is 0. The highest BCUT2D eigenvalue weighted by Gasteiger charge is 2.27. The normalized spacial score (nSPS) is 18.5. The van der Waals surface area contributed by atoms with Gasteiger partial charge in [-0.3, -0.25) is 9.89 Å². The fourth-order valence-electron chi connectivity index (χ4n) is 4.20. The number of morpholine rings is 1. The SMILES string of the molecule is CCC(CC)C(CNC(=NC)NC(C)CCCN(CC)CC)N1CCOCC1. The van der Waals surface area contributed by atoms with Gasteiger partial charge in [0, 0.05) is 38.8 Å². The molecule has 0 aromatic heterocycles. The molecular formula is C22H47N5O. The van der Waals surface area contributed by atoms with Crippen LogP contribution < -0.4 is 10.6 Å². The van der Waals surface area contributed by atoms with Crippen molar-refractivity contribution in [3.05, 3.63) is 0 Å². The lowest BCUT2D eigenvalue weighted by Gasteiger charge is -2.39. The molecule has 0 radical (unpaired) electrons. The van der Waals surface area contributed by atoms with Crippen LogP contribution in [0, 0.1) is 5.92 Å². The Morgan fingerprint density at radius 3 is 2.29 bits per heavy atom. The van der Waals surface area contributed by atoms with Crippen LogP contribution in [-0.2, 0) is 4.74 Å². The maximum atomic E-state index is 5.57. The smallest absolute Gasteiger partial charge is 0.191 e. The van der Waals surface area contributed by atoms with Crippen LogP contribution in [-0.4, -0.2) is 87.4 Å². The Morgan fingerprint density at radius 2 is 1.75 bits per heavy atom. The summed E-state index contributed by atoms with van der Waals surface area (Å²) in [4.78, 5) is 9.57. The number of aliphatic imine (C=N–C) groups is 1. The van der Waals surface area contributed by atoms with Gasteiger partial charge in [0.15, 0.2) is 5.96 Å². The maximum absolute atomic E-state index is 5.57. The number of hydrogen-bond donors (Lipinski definition) is 2. The van der Waals surface area contributed by atoms with Gasteiger partial charge < -0.3 is 20.3 Å². The first kappa shape index (κ1) is 25.2. The maximum Gasteiger partial charge on any atom is 0.191 e. The highest BCUT2D eigenvalue weighted by Crippen LogP contribution is 2.19. The summed E-state index contributed by atoms with van der Waals surface area (Å²) in [6.07, 6.45) is 4.82. The van der Waals surface area contributed by atoms with E-state index in [0.717, 1.165) is 58.3 Å². The first-order valence-electron chi connectivity index (χ1n) is 11.6. The van der Waals surface area contributed by atoms with Gasteiger partial charge in [0.25, 0.3) is 0 Å². The minimum atomic E-state index is 0.428. The molecule has 0 aromatic carbocycles. The zero-order valence-electron chi connectivity index (χ0n) is 19.5. The first-order chi connectivity index (χ1) is 13.6. The number of nitrogens with zero attached hydrogens (tertiary/aromatic N) is 3. The van der Waals surface area contributed by atoms with Gasteiger partial charge in [-0.05, 0) is 45.3 Å². The Balaban J connectivity index is 2.49. The van der Waals surface area contributed by atoms with E-state index in [2.05, 4.69) is 60.0 Å². The quantitative estimate of drug-likeness (QED) is 0.370. The molecule has 0 saturated carbocycles. The number of ether oxygens (including phenoxy) is 1. The highest BCUT2D eigenvalue weighted by atomic mass is 16.5. The number of guanidine groups is 1. The lowest BCUT2D eigenvalue weighted by Crippen LogP contribution is -2.54. The van der Waals surface area contributed by atoms with Crippen molar-refractivity contribution in [1.29, 1.82) is 0 Å². The molecule has 1 fully saturated rings. The molecule has 6 nitrogen and oxygen atoms in total. The van der Waals surface area contributed by atoms with Gasteiger partial charge >= 0.3 is 0 Å². The van der Waals surface area contributed by atoms with Gasteiger partial charge in [0.05, 0.1) is 13.2 Å². The Kier molecular flexibility index (Phi) is 13.5. The molecule has 1 rings (SSSR count). The molecular weight excluding hydrogens is 350 g/mol. The number of nitrogens with one attached hydrogen (secondary N) is 2. The summed E-state index contributed by atoms with van der Waals surface area (Å²) in [6.45, 7) is 19.5.